The zero-order valence-electron chi connectivity index (χ0n) is 12.6. The number of hydrogen-bond acceptors (Lipinski definition) is 4. The predicted octanol–water partition coefficient (Wildman–Crippen LogP) is 3.17. The maximum absolute atomic E-state index is 12.3. The van der Waals surface area contributed by atoms with E-state index in [4.69, 9.17) is 21.1 Å². The summed E-state index contributed by atoms with van der Waals surface area (Å²) in [6, 6.07) is 11.0. The van der Waals surface area contributed by atoms with Crippen molar-refractivity contribution in [3.05, 3.63) is 47.1 Å². The Morgan fingerprint density at radius 2 is 2.08 bits per heavy atom. The Morgan fingerprint density at radius 3 is 3.00 bits per heavy atom. The van der Waals surface area contributed by atoms with Gasteiger partial charge in [-0.25, -0.2) is 0 Å². The summed E-state index contributed by atoms with van der Waals surface area (Å²) in [5.41, 5.74) is 2.17. The Bertz CT molecular complexity index is 923. The van der Waals surface area contributed by atoms with Crippen LogP contribution < -0.4 is 14.8 Å². The van der Waals surface area contributed by atoms with Gasteiger partial charge < -0.3 is 14.8 Å². The van der Waals surface area contributed by atoms with Gasteiger partial charge >= 0.3 is 0 Å². The molecule has 24 heavy (non-hydrogen) atoms. The fourth-order valence-corrected chi connectivity index (χ4v) is 2.96. The molecule has 1 aromatic heterocycles. The third-order valence-electron chi connectivity index (χ3n) is 3.76. The summed E-state index contributed by atoms with van der Waals surface area (Å²) in [6.07, 6.45) is 0.187. The number of amides is 1. The lowest BCUT2D eigenvalue weighted by molar-refractivity contribution is -0.115. The van der Waals surface area contributed by atoms with Gasteiger partial charge in [-0.3, -0.25) is 9.89 Å². The van der Waals surface area contributed by atoms with Gasteiger partial charge in [0.25, 0.3) is 0 Å². The number of anilines is 1. The Kier molecular flexibility index (Phi) is 3.74. The lowest BCUT2D eigenvalue weighted by Gasteiger charge is -2.20. The highest BCUT2D eigenvalue weighted by Gasteiger charge is 2.18. The van der Waals surface area contributed by atoms with Crippen LogP contribution in [0.5, 0.6) is 11.5 Å². The van der Waals surface area contributed by atoms with Crippen molar-refractivity contribution in [3.8, 4) is 11.5 Å². The summed E-state index contributed by atoms with van der Waals surface area (Å²) >= 11 is 6.18. The number of aromatic amines is 1. The molecule has 4 rings (SSSR count). The first kappa shape index (κ1) is 14.8. The van der Waals surface area contributed by atoms with Gasteiger partial charge in [-0.1, -0.05) is 29.8 Å². The van der Waals surface area contributed by atoms with Crippen LogP contribution in [0.4, 0.5) is 5.69 Å². The van der Waals surface area contributed by atoms with E-state index in [-0.39, 0.29) is 12.3 Å². The molecule has 0 bridgehead atoms. The van der Waals surface area contributed by atoms with Crippen LogP contribution in [0.2, 0.25) is 5.02 Å². The molecule has 1 aliphatic rings. The topological polar surface area (TPSA) is 76.2 Å². The average molecular weight is 344 g/mol. The highest BCUT2D eigenvalue weighted by Crippen LogP contribution is 2.39. The van der Waals surface area contributed by atoms with Crippen molar-refractivity contribution in [3.63, 3.8) is 0 Å². The molecule has 2 aromatic carbocycles. The molecule has 0 unspecified atom stereocenters. The molecule has 0 aliphatic carbocycles. The SMILES string of the molecule is O=C(Cc1[nH]nc2ccccc12)Nc1cc(Cl)c2c(c1)OCCO2. The van der Waals surface area contributed by atoms with Gasteiger partial charge in [0.1, 0.15) is 13.2 Å². The highest BCUT2D eigenvalue weighted by molar-refractivity contribution is 6.32. The van der Waals surface area contributed by atoms with Gasteiger partial charge in [-0.05, 0) is 12.1 Å². The number of ether oxygens (including phenoxy) is 2. The number of nitrogens with zero attached hydrogens (tertiary/aromatic N) is 1. The van der Waals surface area contributed by atoms with E-state index < -0.39 is 0 Å². The van der Waals surface area contributed by atoms with Gasteiger partial charge in [0.15, 0.2) is 11.5 Å². The predicted molar refractivity (Wildman–Crippen MR) is 90.9 cm³/mol. The third kappa shape index (κ3) is 2.76. The van der Waals surface area contributed by atoms with Crippen LogP contribution in [0, 0.1) is 0 Å². The number of aromatic nitrogens is 2. The van der Waals surface area contributed by atoms with Crippen molar-refractivity contribution in [2.75, 3.05) is 18.5 Å². The number of hydrogen-bond donors (Lipinski definition) is 2. The van der Waals surface area contributed by atoms with E-state index in [1.807, 2.05) is 24.3 Å². The number of rotatable bonds is 3. The Balaban J connectivity index is 1.53. The summed E-state index contributed by atoms with van der Waals surface area (Å²) in [5.74, 6) is 0.883. The van der Waals surface area contributed by atoms with Crippen molar-refractivity contribution >= 4 is 34.1 Å². The fraction of sp³-hybridized carbons (Fsp3) is 0.176. The molecular weight excluding hydrogens is 330 g/mol. The van der Waals surface area contributed by atoms with Crippen LogP contribution in [-0.4, -0.2) is 29.3 Å². The molecule has 2 heterocycles. The second-order valence-electron chi connectivity index (χ2n) is 5.43. The molecule has 0 radical (unpaired) electrons. The first-order valence-corrected chi connectivity index (χ1v) is 7.89. The average Bonchev–Trinajstić information content (AvgIpc) is 2.98. The molecule has 1 amide bonds. The Morgan fingerprint density at radius 1 is 1.25 bits per heavy atom. The minimum Gasteiger partial charge on any atom is -0.486 e. The fourth-order valence-electron chi connectivity index (χ4n) is 2.70. The number of halogens is 1. The molecule has 1 aliphatic heterocycles. The number of para-hydroxylation sites is 1. The maximum atomic E-state index is 12.3. The summed E-state index contributed by atoms with van der Waals surface area (Å²) in [6.45, 7) is 0.923. The van der Waals surface area contributed by atoms with Crippen LogP contribution in [-0.2, 0) is 11.2 Å². The molecule has 0 atom stereocenters. The molecule has 3 aromatic rings. The van der Waals surface area contributed by atoms with E-state index >= 15 is 0 Å². The van der Waals surface area contributed by atoms with Crippen molar-refractivity contribution in [1.82, 2.24) is 10.2 Å². The molecule has 0 saturated heterocycles. The molecule has 2 N–H and O–H groups in total. The molecule has 0 spiro atoms. The zero-order chi connectivity index (χ0) is 16.5. The second-order valence-corrected chi connectivity index (χ2v) is 5.83. The van der Waals surface area contributed by atoms with Crippen molar-refractivity contribution < 1.29 is 14.3 Å². The molecular formula is C17H14ClN3O3. The first-order valence-electron chi connectivity index (χ1n) is 7.52. The van der Waals surface area contributed by atoms with Crippen LogP contribution in [0.15, 0.2) is 36.4 Å². The number of carbonyl (C=O) groups is 1. The number of nitrogens with one attached hydrogen (secondary N) is 2. The van der Waals surface area contributed by atoms with E-state index in [2.05, 4.69) is 15.5 Å². The number of carbonyl (C=O) groups excluding carboxylic acids is 1. The molecule has 7 heteroatoms. The largest absolute Gasteiger partial charge is 0.486 e. The number of H-pyrrole nitrogens is 1. The van der Waals surface area contributed by atoms with E-state index in [9.17, 15) is 4.79 Å². The monoisotopic (exact) mass is 343 g/mol. The lowest BCUT2D eigenvalue weighted by atomic mass is 10.1. The Hall–Kier alpha value is -2.73. The zero-order valence-corrected chi connectivity index (χ0v) is 13.4. The van der Waals surface area contributed by atoms with Gasteiger partial charge in [0.2, 0.25) is 5.91 Å². The van der Waals surface area contributed by atoms with E-state index in [1.165, 1.54) is 0 Å². The molecule has 6 nitrogen and oxygen atoms in total. The van der Waals surface area contributed by atoms with Crippen LogP contribution >= 0.6 is 11.6 Å². The summed E-state index contributed by atoms with van der Waals surface area (Å²) < 4.78 is 11.0. The first-order chi connectivity index (χ1) is 11.7. The van der Waals surface area contributed by atoms with E-state index in [0.29, 0.717) is 35.4 Å². The minimum absolute atomic E-state index is 0.169. The molecule has 0 saturated carbocycles. The van der Waals surface area contributed by atoms with Gasteiger partial charge in [0.05, 0.1) is 22.7 Å². The van der Waals surface area contributed by atoms with Crippen molar-refractivity contribution in [1.29, 1.82) is 0 Å². The molecule has 0 fully saturated rings. The van der Waals surface area contributed by atoms with Crippen LogP contribution in [0.3, 0.4) is 0 Å². The maximum Gasteiger partial charge on any atom is 0.230 e. The van der Waals surface area contributed by atoms with Crippen molar-refractivity contribution in [2.45, 2.75) is 6.42 Å². The minimum atomic E-state index is -0.169. The smallest absolute Gasteiger partial charge is 0.230 e. The van der Waals surface area contributed by atoms with Crippen molar-refractivity contribution in [2.24, 2.45) is 0 Å². The quantitative estimate of drug-likeness (QED) is 0.766. The van der Waals surface area contributed by atoms with E-state index in [0.717, 1.165) is 16.6 Å². The third-order valence-corrected chi connectivity index (χ3v) is 4.04. The van der Waals surface area contributed by atoms with Crippen LogP contribution in [0.1, 0.15) is 5.69 Å². The standard InChI is InChI=1S/C17H14ClN3O3/c18-12-7-10(8-15-17(12)24-6-5-23-15)19-16(22)9-14-11-3-1-2-4-13(11)20-21-14/h1-4,7-8H,5-6,9H2,(H,19,22)(H,20,21). The normalized spacial score (nSPS) is 13.0. The van der Waals surface area contributed by atoms with Gasteiger partial charge in [0, 0.05) is 17.1 Å². The Labute approximate surface area is 142 Å². The number of fused-ring (bicyclic) bond motifs is 2. The second kappa shape index (κ2) is 6.05. The van der Waals surface area contributed by atoms with E-state index in [1.54, 1.807) is 12.1 Å². The summed E-state index contributed by atoms with van der Waals surface area (Å²) in [7, 11) is 0. The summed E-state index contributed by atoms with van der Waals surface area (Å²) in [5, 5.41) is 11.3. The van der Waals surface area contributed by atoms with Gasteiger partial charge in [-0.15, -0.1) is 0 Å². The lowest BCUT2D eigenvalue weighted by Crippen LogP contribution is -2.17. The summed E-state index contributed by atoms with van der Waals surface area (Å²) in [4.78, 5) is 12.3. The van der Waals surface area contributed by atoms with Gasteiger partial charge in [-0.2, -0.15) is 5.10 Å². The van der Waals surface area contributed by atoms with Crippen LogP contribution in [0.25, 0.3) is 10.9 Å². The highest BCUT2D eigenvalue weighted by atomic mass is 35.5. The number of benzene rings is 2. The molecule has 122 valence electrons.